The van der Waals surface area contributed by atoms with Gasteiger partial charge in [-0.15, -0.1) is 11.3 Å². The summed E-state index contributed by atoms with van der Waals surface area (Å²) in [6, 6.07) is 0.670. The van der Waals surface area contributed by atoms with Crippen molar-refractivity contribution < 1.29 is 5.11 Å². The second kappa shape index (κ2) is 5.02. The van der Waals surface area contributed by atoms with E-state index in [0.29, 0.717) is 6.04 Å². The molecule has 0 bridgehead atoms. The minimum absolute atomic E-state index is 0.0537. The molecule has 5 nitrogen and oxygen atoms in total. The number of nitrogens with zero attached hydrogens (tertiary/aromatic N) is 4. The van der Waals surface area contributed by atoms with E-state index in [4.69, 9.17) is 4.98 Å². The third-order valence-electron chi connectivity index (χ3n) is 4.63. The van der Waals surface area contributed by atoms with E-state index >= 15 is 0 Å². The number of piperidine rings is 1. The molecule has 4 heterocycles. The molecule has 20 heavy (non-hydrogen) atoms. The number of aromatic nitrogens is 2. The van der Waals surface area contributed by atoms with Gasteiger partial charge in [0.05, 0.1) is 12.3 Å². The predicted molar refractivity (Wildman–Crippen MR) is 80.4 cm³/mol. The quantitative estimate of drug-likeness (QED) is 0.912. The van der Waals surface area contributed by atoms with Gasteiger partial charge in [0.2, 0.25) is 0 Å². The van der Waals surface area contributed by atoms with E-state index in [1.54, 1.807) is 11.3 Å². The molecule has 1 atom stereocenters. The number of aliphatic hydroxyl groups is 1. The average molecular weight is 292 g/mol. The molecule has 4 rings (SSSR count). The Morgan fingerprint density at radius 2 is 2.25 bits per heavy atom. The van der Waals surface area contributed by atoms with E-state index in [1.807, 2.05) is 16.0 Å². The first-order valence-corrected chi connectivity index (χ1v) is 8.29. The van der Waals surface area contributed by atoms with Crippen molar-refractivity contribution in [3.8, 4) is 0 Å². The molecule has 0 radical (unpaired) electrons. The fourth-order valence-corrected chi connectivity index (χ4v) is 4.30. The lowest BCUT2D eigenvalue weighted by molar-refractivity contribution is 0.133. The van der Waals surface area contributed by atoms with Crippen molar-refractivity contribution in [3.05, 3.63) is 17.3 Å². The summed E-state index contributed by atoms with van der Waals surface area (Å²) in [5, 5.41) is 11.7. The number of thiazole rings is 1. The fourth-order valence-electron chi connectivity index (χ4n) is 3.57. The smallest absolute Gasteiger partial charge is 0.195 e. The van der Waals surface area contributed by atoms with Gasteiger partial charge in [0, 0.05) is 37.3 Å². The highest BCUT2D eigenvalue weighted by Gasteiger charge is 2.31. The molecule has 108 valence electrons. The van der Waals surface area contributed by atoms with Crippen LogP contribution in [0.1, 0.15) is 25.0 Å². The van der Waals surface area contributed by atoms with Crippen LogP contribution in [0.2, 0.25) is 0 Å². The van der Waals surface area contributed by atoms with E-state index in [-0.39, 0.29) is 6.61 Å². The maximum atomic E-state index is 9.69. The molecule has 0 spiro atoms. The molecular formula is C14H20N4OS. The highest BCUT2D eigenvalue weighted by molar-refractivity contribution is 7.15. The largest absolute Gasteiger partial charge is 0.390 e. The molecule has 1 N–H and O–H groups in total. The summed E-state index contributed by atoms with van der Waals surface area (Å²) in [7, 11) is 0. The Morgan fingerprint density at radius 3 is 3.15 bits per heavy atom. The number of hydrogen-bond acceptors (Lipinski definition) is 5. The second-order valence-corrected chi connectivity index (χ2v) is 6.60. The Hall–Kier alpha value is -1.11. The standard InChI is InChI=1S/C14H20N4OS/c19-10-12-13(15-14-18(12)7-8-20-14)17-6-5-16-4-2-1-3-11(16)9-17/h7-8,11,19H,1-6,9-10H2. The molecule has 2 aliphatic heterocycles. The van der Waals surface area contributed by atoms with Crippen molar-refractivity contribution >= 4 is 22.1 Å². The van der Waals surface area contributed by atoms with Crippen molar-refractivity contribution in [2.45, 2.75) is 31.9 Å². The molecule has 2 saturated heterocycles. The van der Waals surface area contributed by atoms with Crippen molar-refractivity contribution in [1.29, 1.82) is 0 Å². The zero-order valence-electron chi connectivity index (χ0n) is 11.5. The summed E-state index contributed by atoms with van der Waals surface area (Å²) in [4.78, 5) is 10.7. The molecular weight excluding hydrogens is 272 g/mol. The molecule has 0 aliphatic carbocycles. The van der Waals surface area contributed by atoms with Crippen LogP contribution < -0.4 is 4.90 Å². The van der Waals surface area contributed by atoms with Crippen LogP contribution in [0, 0.1) is 0 Å². The monoisotopic (exact) mass is 292 g/mol. The summed E-state index contributed by atoms with van der Waals surface area (Å²) in [6.07, 6.45) is 5.99. The lowest BCUT2D eigenvalue weighted by Gasteiger charge is -2.44. The van der Waals surface area contributed by atoms with Gasteiger partial charge in [-0.1, -0.05) is 6.42 Å². The maximum absolute atomic E-state index is 9.69. The molecule has 0 aromatic carbocycles. The average Bonchev–Trinajstić information content (AvgIpc) is 3.07. The molecule has 2 aromatic heterocycles. The second-order valence-electron chi connectivity index (χ2n) is 5.73. The number of fused-ring (bicyclic) bond motifs is 2. The van der Waals surface area contributed by atoms with Crippen molar-refractivity contribution in [2.24, 2.45) is 0 Å². The van der Waals surface area contributed by atoms with Gasteiger partial charge in [0.1, 0.15) is 0 Å². The lowest BCUT2D eigenvalue weighted by Crippen LogP contribution is -2.55. The van der Waals surface area contributed by atoms with Gasteiger partial charge >= 0.3 is 0 Å². The van der Waals surface area contributed by atoms with Crippen molar-refractivity contribution in [3.63, 3.8) is 0 Å². The normalized spacial score (nSPS) is 24.2. The van der Waals surface area contributed by atoms with Gasteiger partial charge in [0.15, 0.2) is 10.8 Å². The van der Waals surface area contributed by atoms with E-state index in [1.165, 1.54) is 25.8 Å². The molecule has 6 heteroatoms. The topological polar surface area (TPSA) is 44.0 Å². The van der Waals surface area contributed by atoms with Crippen LogP contribution in [0.3, 0.4) is 0 Å². The maximum Gasteiger partial charge on any atom is 0.195 e. The first-order valence-electron chi connectivity index (χ1n) is 7.41. The highest BCUT2D eigenvalue weighted by Crippen LogP contribution is 2.29. The fraction of sp³-hybridized carbons (Fsp3) is 0.643. The van der Waals surface area contributed by atoms with Crippen LogP contribution in [0.4, 0.5) is 5.82 Å². The Morgan fingerprint density at radius 1 is 1.30 bits per heavy atom. The Balaban J connectivity index is 1.64. The molecule has 0 saturated carbocycles. The van der Waals surface area contributed by atoms with Gasteiger partial charge in [-0.05, 0) is 19.4 Å². The van der Waals surface area contributed by atoms with Crippen LogP contribution in [0.5, 0.6) is 0 Å². The molecule has 0 amide bonds. The van der Waals surface area contributed by atoms with Crippen LogP contribution in [-0.4, -0.2) is 51.6 Å². The van der Waals surface area contributed by atoms with E-state index < -0.39 is 0 Å². The van der Waals surface area contributed by atoms with E-state index in [2.05, 4.69) is 9.80 Å². The van der Waals surface area contributed by atoms with Gasteiger partial charge in [-0.25, -0.2) is 4.98 Å². The van der Waals surface area contributed by atoms with Crippen LogP contribution in [0.25, 0.3) is 4.96 Å². The van der Waals surface area contributed by atoms with Crippen molar-refractivity contribution in [2.75, 3.05) is 31.1 Å². The third kappa shape index (κ3) is 1.94. The van der Waals surface area contributed by atoms with E-state index in [9.17, 15) is 5.11 Å². The number of imidazole rings is 1. The Bertz CT molecular complexity index is 607. The summed E-state index contributed by atoms with van der Waals surface area (Å²) in [5.41, 5.74) is 0.936. The van der Waals surface area contributed by atoms with Crippen LogP contribution >= 0.6 is 11.3 Å². The SMILES string of the molecule is OCc1c(N2CCN3CCCCC3C2)nc2sccn12. The Kier molecular flexibility index (Phi) is 3.17. The lowest BCUT2D eigenvalue weighted by atomic mass is 9.99. The Labute approximate surface area is 122 Å². The zero-order chi connectivity index (χ0) is 13.5. The number of aliphatic hydroxyl groups excluding tert-OH is 1. The predicted octanol–water partition coefficient (Wildman–Crippen LogP) is 1.56. The van der Waals surface area contributed by atoms with Gasteiger partial charge in [0.25, 0.3) is 0 Å². The zero-order valence-corrected chi connectivity index (χ0v) is 12.3. The first-order chi connectivity index (χ1) is 9.86. The summed E-state index contributed by atoms with van der Waals surface area (Å²) in [6.45, 7) is 4.51. The number of rotatable bonds is 2. The van der Waals surface area contributed by atoms with Gasteiger partial charge in [-0.3, -0.25) is 9.30 Å². The van der Waals surface area contributed by atoms with E-state index in [0.717, 1.165) is 36.1 Å². The summed E-state index contributed by atoms with van der Waals surface area (Å²) >= 11 is 1.63. The summed E-state index contributed by atoms with van der Waals surface area (Å²) < 4.78 is 2.02. The van der Waals surface area contributed by atoms with Gasteiger partial charge in [-0.2, -0.15) is 0 Å². The van der Waals surface area contributed by atoms with Crippen LogP contribution in [-0.2, 0) is 6.61 Å². The van der Waals surface area contributed by atoms with Crippen LogP contribution in [0.15, 0.2) is 11.6 Å². The highest BCUT2D eigenvalue weighted by atomic mass is 32.1. The third-order valence-corrected chi connectivity index (χ3v) is 5.38. The minimum atomic E-state index is 0.0537. The number of piperazine rings is 1. The minimum Gasteiger partial charge on any atom is -0.390 e. The number of anilines is 1. The van der Waals surface area contributed by atoms with Crippen molar-refractivity contribution in [1.82, 2.24) is 14.3 Å². The van der Waals surface area contributed by atoms with Gasteiger partial charge < -0.3 is 10.0 Å². The molecule has 2 aromatic rings. The number of hydrogen-bond donors (Lipinski definition) is 1. The first kappa shape index (κ1) is 12.6. The molecule has 1 unspecified atom stereocenters. The summed E-state index contributed by atoms with van der Waals surface area (Å²) in [5.74, 6) is 0.990. The molecule has 2 aliphatic rings. The molecule has 2 fully saturated rings.